The second-order valence-electron chi connectivity index (χ2n) is 5.17. The van der Waals surface area contributed by atoms with Crippen molar-refractivity contribution in [2.75, 3.05) is 0 Å². The molecule has 1 aliphatic rings. The number of amides is 1. The Kier molecular flexibility index (Phi) is 5.08. The molecule has 1 aromatic rings. The van der Waals surface area contributed by atoms with E-state index in [0.29, 0.717) is 17.1 Å². The van der Waals surface area contributed by atoms with Crippen LogP contribution in [0, 0.1) is 12.8 Å². The molecule has 2 unspecified atom stereocenters. The summed E-state index contributed by atoms with van der Waals surface area (Å²) in [5.41, 5.74) is 0. The zero-order valence-electron chi connectivity index (χ0n) is 12.5. The van der Waals surface area contributed by atoms with Crippen LogP contribution < -0.4 is 0 Å². The van der Waals surface area contributed by atoms with E-state index < -0.39 is 12.0 Å². The van der Waals surface area contributed by atoms with Gasteiger partial charge in [-0.05, 0) is 25.0 Å². The van der Waals surface area contributed by atoms with Crippen molar-refractivity contribution in [3.63, 3.8) is 0 Å². The smallest absolute Gasteiger partial charge is 0.327 e. The Morgan fingerprint density at radius 2 is 2.23 bits per heavy atom. The average Bonchev–Trinajstić information content (AvgIpc) is 2.97. The fourth-order valence-electron chi connectivity index (χ4n) is 2.21. The summed E-state index contributed by atoms with van der Waals surface area (Å²) in [6.07, 6.45) is 2.24. The molecule has 5 nitrogen and oxygen atoms in total. The molecule has 2 heterocycles. The maximum Gasteiger partial charge on any atom is 0.327 e. The van der Waals surface area contributed by atoms with E-state index in [-0.39, 0.29) is 16.1 Å². The lowest BCUT2D eigenvalue weighted by molar-refractivity contribution is -0.147. The van der Waals surface area contributed by atoms with Crippen LogP contribution in [-0.4, -0.2) is 32.2 Å². The number of carboxylic acid groups (broad SMARTS) is 1. The fourth-order valence-corrected chi connectivity index (χ4v) is 3.52. The van der Waals surface area contributed by atoms with Crippen LogP contribution in [0.1, 0.15) is 31.8 Å². The first kappa shape index (κ1) is 16.8. The minimum Gasteiger partial charge on any atom is -0.480 e. The van der Waals surface area contributed by atoms with Gasteiger partial charge in [-0.1, -0.05) is 44.2 Å². The third-order valence-corrected chi connectivity index (χ3v) is 4.90. The Morgan fingerprint density at radius 3 is 2.73 bits per heavy atom. The van der Waals surface area contributed by atoms with Gasteiger partial charge in [0.25, 0.3) is 5.91 Å². The predicted molar refractivity (Wildman–Crippen MR) is 89.3 cm³/mol. The van der Waals surface area contributed by atoms with E-state index >= 15 is 0 Å². The second kappa shape index (κ2) is 6.66. The lowest BCUT2D eigenvalue weighted by Crippen LogP contribution is -2.47. The molecule has 2 atom stereocenters. The van der Waals surface area contributed by atoms with Gasteiger partial charge >= 0.3 is 5.97 Å². The Bertz CT molecular complexity index is 650. The Morgan fingerprint density at radius 1 is 1.55 bits per heavy atom. The standard InChI is InChI=1S/C15H17NO4S2/c1-4-8(2)12(14(18)19)16-13(17)11(22-15(16)21)7-10-6-5-9(3)20-10/h5-8,12H,4H2,1-3H3,(H,18,19)/b11-7-. The molecular weight excluding hydrogens is 322 g/mol. The Balaban J connectivity index is 2.32. The molecule has 22 heavy (non-hydrogen) atoms. The van der Waals surface area contributed by atoms with Gasteiger partial charge in [-0.2, -0.15) is 0 Å². The Hall–Kier alpha value is -1.60. The molecule has 0 spiro atoms. The number of nitrogens with zero attached hydrogens (tertiary/aromatic N) is 1. The first-order valence-corrected chi connectivity index (χ1v) is 8.14. The summed E-state index contributed by atoms with van der Waals surface area (Å²) in [7, 11) is 0. The highest BCUT2D eigenvalue weighted by atomic mass is 32.2. The van der Waals surface area contributed by atoms with E-state index in [0.717, 1.165) is 17.5 Å². The first-order valence-electron chi connectivity index (χ1n) is 6.91. The summed E-state index contributed by atoms with van der Waals surface area (Å²) >= 11 is 6.32. The normalized spacial score (nSPS) is 19.8. The SMILES string of the molecule is CCC(C)C(C(=O)O)N1C(=O)/C(=C/c2ccc(C)o2)SC1=S. The number of carboxylic acids is 1. The number of aliphatic carboxylic acids is 1. The lowest BCUT2D eigenvalue weighted by atomic mass is 9.98. The van der Waals surface area contributed by atoms with Gasteiger partial charge in [0.1, 0.15) is 21.9 Å². The van der Waals surface area contributed by atoms with E-state index in [9.17, 15) is 14.7 Å². The van der Waals surface area contributed by atoms with Gasteiger partial charge < -0.3 is 9.52 Å². The predicted octanol–water partition coefficient (Wildman–Crippen LogP) is 3.29. The van der Waals surface area contributed by atoms with Crippen molar-refractivity contribution in [2.24, 2.45) is 5.92 Å². The van der Waals surface area contributed by atoms with Gasteiger partial charge in [-0.3, -0.25) is 9.69 Å². The van der Waals surface area contributed by atoms with Crippen LogP contribution in [0.3, 0.4) is 0 Å². The highest BCUT2D eigenvalue weighted by Crippen LogP contribution is 2.36. The number of aryl methyl sites for hydroxylation is 1. The highest BCUT2D eigenvalue weighted by Gasteiger charge is 2.42. The number of carbonyl (C=O) groups is 2. The van der Waals surface area contributed by atoms with E-state index in [1.54, 1.807) is 25.1 Å². The number of furan rings is 1. The molecule has 0 bridgehead atoms. The van der Waals surface area contributed by atoms with Gasteiger partial charge in [0.2, 0.25) is 0 Å². The van der Waals surface area contributed by atoms with Crippen molar-refractivity contribution in [1.29, 1.82) is 0 Å². The first-order chi connectivity index (χ1) is 10.3. The van der Waals surface area contributed by atoms with Gasteiger partial charge in [-0.15, -0.1) is 0 Å². The van der Waals surface area contributed by atoms with Crippen LogP contribution >= 0.6 is 24.0 Å². The summed E-state index contributed by atoms with van der Waals surface area (Å²) in [6, 6.07) is 2.61. The number of rotatable bonds is 5. The Labute approximate surface area is 138 Å². The van der Waals surface area contributed by atoms with Gasteiger partial charge in [0, 0.05) is 6.08 Å². The van der Waals surface area contributed by atoms with Crippen molar-refractivity contribution >= 4 is 46.3 Å². The summed E-state index contributed by atoms with van der Waals surface area (Å²) in [6.45, 7) is 5.50. The maximum absolute atomic E-state index is 12.5. The molecule has 0 aromatic carbocycles. The minimum atomic E-state index is -1.04. The molecule has 2 rings (SSSR count). The van der Waals surface area contributed by atoms with Crippen LogP contribution in [0.5, 0.6) is 0 Å². The molecule has 1 amide bonds. The number of carbonyl (C=O) groups excluding carboxylic acids is 1. The van der Waals surface area contributed by atoms with Gasteiger partial charge in [-0.25, -0.2) is 4.79 Å². The van der Waals surface area contributed by atoms with Gasteiger partial charge in [0.15, 0.2) is 0 Å². The quantitative estimate of drug-likeness (QED) is 0.656. The zero-order valence-corrected chi connectivity index (χ0v) is 14.2. The molecule has 1 aliphatic heterocycles. The zero-order chi connectivity index (χ0) is 16.4. The topological polar surface area (TPSA) is 70.8 Å². The monoisotopic (exact) mass is 339 g/mol. The van der Waals surface area contributed by atoms with Crippen molar-refractivity contribution in [3.05, 3.63) is 28.6 Å². The summed E-state index contributed by atoms with van der Waals surface area (Å²) in [5.74, 6) is -0.319. The van der Waals surface area contributed by atoms with Crippen LogP contribution in [-0.2, 0) is 9.59 Å². The second-order valence-corrected chi connectivity index (χ2v) is 6.84. The molecule has 118 valence electrons. The molecule has 0 aliphatic carbocycles. The molecule has 0 radical (unpaired) electrons. The molecule has 1 N–H and O–H groups in total. The maximum atomic E-state index is 12.5. The van der Waals surface area contributed by atoms with E-state index in [1.165, 1.54) is 4.90 Å². The van der Waals surface area contributed by atoms with Gasteiger partial charge in [0.05, 0.1) is 4.91 Å². The summed E-state index contributed by atoms with van der Waals surface area (Å²) in [4.78, 5) is 25.7. The molecular formula is C15H17NO4S2. The summed E-state index contributed by atoms with van der Waals surface area (Å²) in [5, 5.41) is 9.45. The van der Waals surface area contributed by atoms with Crippen molar-refractivity contribution < 1.29 is 19.1 Å². The fraction of sp³-hybridized carbons (Fsp3) is 0.400. The van der Waals surface area contributed by atoms with Crippen molar-refractivity contribution in [3.8, 4) is 0 Å². The highest BCUT2D eigenvalue weighted by molar-refractivity contribution is 8.26. The lowest BCUT2D eigenvalue weighted by Gasteiger charge is -2.27. The average molecular weight is 339 g/mol. The van der Waals surface area contributed by atoms with E-state index in [4.69, 9.17) is 16.6 Å². The van der Waals surface area contributed by atoms with Crippen molar-refractivity contribution in [2.45, 2.75) is 33.2 Å². The van der Waals surface area contributed by atoms with Crippen LogP contribution in [0.2, 0.25) is 0 Å². The largest absolute Gasteiger partial charge is 0.480 e. The number of hydrogen-bond donors (Lipinski definition) is 1. The summed E-state index contributed by atoms with van der Waals surface area (Å²) < 4.78 is 5.69. The van der Waals surface area contributed by atoms with Crippen LogP contribution in [0.4, 0.5) is 0 Å². The molecule has 1 aromatic heterocycles. The molecule has 7 heteroatoms. The molecule has 1 saturated heterocycles. The third kappa shape index (κ3) is 3.25. The van der Waals surface area contributed by atoms with Crippen molar-refractivity contribution in [1.82, 2.24) is 4.90 Å². The van der Waals surface area contributed by atoms with Crippen LogP contribution in [0.25, 0.3) is 6.08 Å². The molecule has 1 fully saturated rings. The van der Waals surface area contributed by atoms with Crippen LogP contribution in [0.15, 0.2) is 21.5 Å². The number of thiocarbonyl (C=S) groups is 1. The van der Waals surface area contributed by atoms with E-state index in [1.807, 2.05) is 13.8 Å². The van der Waals surface area contributed by atoms with E-state index in [2.05, 4.69) is 0 Å². The number of thioether (sulfide) groups is 1. The molecule has 0 saturated carbocycles. The third-order valence-electron chi connectivity index (χ3n) is 3.57. The number of hydrogen-bond acceptors (Lipinski definition) is 5. The minimum absolute atomic E-state index is 0.190.